The molecule has 1 saturated heterocycles. The van der Waals surface area contributed by atoms with Gasteiger partial charge in [-0.05, 0) is 26.2 Å². The highest BCUT2D eigenvalue weighted by Crippen LogP contribution is 2.20. The van der Waals surface area contributed by atoms with Crippen molar-refractivity contribution in [1.29, 1.82) is 0 Å². The molecule has 2 aromatic heterocycles. The number of nitrogens with one attached hydrogen (secondary N) is 1. The molecule has 0 aromatic carbocycles. The number of hydrogen-bond donors (Lipinski definition) is 1. The Morgan fingerprint density at radius 1 is 1.42 bits per heavy atom. The largest absolute Gasteiger partial charge is 0.468 e. The molecule has 0 aliphatic carbocycles. The Morgan fingerprint density at radius 3 is 2.85 bits per heavy atom. The minimum atomic E-state index is -0.342. The van der Waals surface area contributed by atoms with Crippen LogP contribution in [0.3, 0.4) is 0 Å². The predicted octanol–water partition coefficient (Wildman–Crippen LogP) is 1.59. The molecule has 1 atom stereocenters. The molecule has 1 N–H and O–H groups in total. The molecule has 0 saturated carbocycles. The van der Waals surface area contributed by atoms with E-state index in [-0.39, 0.29) is 22.7 Å². The van der Waals surface area contributed by atoms with Crippen LogP contribution >= 0.6 is 11.6 Å². The van der Waals surface area contributed by atoms with Crippen LogP contribution in [0.15, 0.2) is 29.0 Å². The van der Waals surface area contributed by atoms with Gasteiger partial charge in [0.2, 0.25) is 5.95 Å². The maximum atomic E-state index is 12.6. The summed E-state index contributed by atoms with van der Waals surface area (Å²) in [5.41, 5.74) is 0.167. The van der Waals surface area contributed by atoms with Crippen LogP contribution < -0.4 is 10.2 Å². The van der Waals surface area contributed by atoms with E-state index in [0.717, 1.165) is 5.76 Å². The van der Waals surface area contributed by atoms with E-state index >= 15 is 0 Å². The van der Waals surface area contributed by atoms with Crippen LogP contribution in [0.1, 0.15) is 22.3 Å². The Labute approximate surface area is 157 Å². The Kier molecular flexibility index (Phi) is 6.08. The second kappa shape index (κ2) is 8.48. The third kappa shape index (κ3) is 4.32. The molecule has 0 unspecified atom stereocenters. The van der Waals surface area contributed by atoms with E-state index < -0.39 is 0 Å². The first-order valence-corrected chi connectivity index (χ1v) is 8.77. The van der Waals surface area contributed by atoms with Crippen LogP contribution in [0.2, 0.25) is 5.02 Å². The van der Waals surface area contributed by atoms with Gasteiger partial charge in [0, 0.05) is 19.6 Å². The molecule has 140 valence electrons. The Hall–Kier alpha value is -2.16. The van der Waals surface area contributed by atoms with Crippen LogP contribution in [-0.4, -0.2) is 67.7 Å². The van der Waals surface area contributed by atoms with Crippen LogP contribution in [-0.2, 0) is 4.74 Å². The Balaban J connectivity index is 1.70. The molecule has 26 heavy (non-hydrogen) atoms. The maximum Gasteiger partial charge on any atom is 0.271 e. The van der Waals surface area contributed by atoms with Crippen molar-refractivity contribution < 1.29 is 13.9 Å². The second-order valence-corrected chi connectivity index (χ2v) is 6.58. The van der Waals surface area contributed by atoms with Crippen LogP contribution in [0.5, 0.6) is 0 Å². The van der Waals surface area contributed by atoms with Gasteiger partial charge < -0.3 is 19.4 Å². The number of halogens is 1. The number of ether oxygens (including phenoxy) is 1. The molecule has 1 aliphatic rings. The van der Waals surface area contributed by atoms with E-state index in [1.54, 1.807) is 6.26 Å². The highest BCUT2D eigenvalue weighted by Gasteiger charge is 2.22. The van der Waals surface area contributed by atoms with Gasteiger partial charge in [0.1, 0.15) is 5.76 Å². The SMILES string of the molecule is CN(C)[C@@H](CNC(=O)c1nc(N2CCOCC2)ncc1Cl)c1ccco1. The summed E-state index contributed by atoms with van der Waals surface area (Å²) >= 11 is 6.15. The standard InChI is InChI=1S/C17H22ClN5O3/c1-22(2)13(14-4-3-7-26-14)11-19-16(24)15-12(18)10-20-17(21-15)23-5-8-25-9-6-23/h3-4,7,10,13H,5-6,8-9,11H2,1-2H3,(H,19,24)/t13-/m0/s1. The maximum absolute atomic E-state index is 12.6. The molecule has 3 heterocycles. The molecule has 1 aliphatic heterocycles. The lowest BCUT2D eigenvalue weighted by Crippen LogP contribution is -2.38. The topological polar surface area (TPSA) is 83.7 Å². The average Bonchev–Trinajstić information content (AvgIpc) is 3.17. The number of amides is 1. The van der Waals surface area contributed by atoms with E-state index in [0.29, 0.717) is 38.8 Å². The average molecular weight is 380 g/mol. The van der Waals surface area contributed by atoms with Gasteiger partial charge in [-0.2, -0.15) is 0 Å². The zero-order valence-corrected chi connectivity index (χ0v) is 15.6. The second-order valence-electron chi connectivity index (χ2n) is 6.17. The van der Waals surface area contributed by atoms with E-state index in [4.69, 9.17) is 20.8 Å². The molecule has 8 nitrogen and oxygen atoms in total. The monoisotopic (exact) mass is 379 g/mol. The van der Waals surface area contributed by atoms with E-state index in [1.807, 2.05) is 36.0 Å². The van der Waals surface area contributed by atoms with Crippen molar-refractivity contribution in [2.24, 2.45) is 0 Å². The van der Waals surface area contributed by atoms with Gasteiger partial charge in [-0.25, -0.2) is 9.97 Å². The third-order valence-corrected chi connectivity index (χ3v) is 4.47. The first-order valence-electron chi connectivity index (χ1n) is 8.39. The molecule has 0 spiro atoms. The number of anilines is 1. The fourth-order valence-corrected chi connectivity index (χ4v) is 2.90. The minimum absolute atomic E-state index is 0.0896. The van der Waals surface area contributed by atoms with Crippen LogP contribution in [0, 0.1) is 0 Å². The first-order chi connectivity index (χ1) is 12.6. The molecule has 0 bridgehead atoms. The highest BCUT2D eigenvalue weighted by molar-refractivity contribution is 6.33. The number of rotatable bonds is 6. The lowest BCUT2D eigenvalue weighted by molar-refractivity contribution is 0.0934. The van der Waals surface area contributed by atoms with Crippen molar-refractivity contribution in [2.75, 3.05) is 51.8 Å². The number of nitrogens with zero attached hydrogens (tertiary/aromatic N) is 4. The number of likely N-dealkylation sites (N-methyl/N-ethyl adjacent to an activating group) is 1. The smallest absolute Gasteiger partial charge is 0.271 e. The quantitative estimate of drug-likeness (QED) is 0.815. The van der Waals surface area contributed by atoms with Gasteiger partial charge in [-0.15, -0.1) is 0 Å². The third-order valence-electron chi connectivity index (χ3n) is 4.19. The summed E-state index contributed by atoms with van der Waals surface area (Å²) in [6, 6.07) is 3.61. The first kappa shape index (κ1) is 18.6. The number of carbonyl (C=O) groups is 1. The number of hydrogen-bond acceptors (Lipinski definition) is 7. The van der Waals surface area contributed by atoms with Crippen molar-refractivity contribution >= 4 is 23.5 Å². The van der Waals surface area contributed by atoms with E-state index in [2.05, 4.69) is 15.3 Å². The van der Waals surface area contributed by atoms with Crippen molar-refractivity contribution in [1.82, 2.24) is 20.2 Å². The lowest BCUT2D eigenvalue weighted by Gasteiger charge is -2.27. The van der Waals surface area contributed by atoms with Gasteiger partial charge in [-0.1, -0.05) is 11.6 Å². The summed E-state index contributed by atoms with van der Waals surface area (Å²) in [6.45, 7) is 2.96. The highest BCUT2D eigenvalue weighted by atomic mass is 35.5. The van der Waals surface area contributed by atoms with Crippen LogP contribution in [0.25, 0.3) is 0 Å². The molecule has 9 heteroatoms. The summed E-state index contributed by atoms with van der Waals surface area (Å²) in [4.78, 5) is 25.2. The summed E-state index contributed by atoms with van der Waals surface area (Å²) in [7, 11) is 3.85. The van der Waals surface area contributed by atoms with E-state index in [9.17, 15) is 4.79 Å². The molecule has 0 radical (unpaired) electrons. The number of morpholine rings is 1. The molecular formula is C17H22ClN5O3. The van der Waals surface area contributed by atoms with Gasteiger partial charge in [0.25, 0.3) is 5.91 Å². The summed E-state index contributed by atoms with van der Waals surface area (Å²) in [6.07, 6.45) is 3.08. The zero-order chi connectivity index (χ0) is 18.5. The van der Waals surface area contributed by atoms with Gasteiger partial charge in [-0.3, -0.25) is 9.69 Å². The Morgan fingerprint density at radius 2 is 2.19 bits per heavy atom. The number of furan rings is 1. The summed E-state index contributed by atoms with van der Waals surface area (Å²) < 4.78 is 10.8. The van der Waals surface area contributed by atoms with Crippen molar-refractivity contribution in [3.63, 3.8) is 0 Å². The predicted molar refractivity (Wildman–Crippen MR) is 97.5 cm³/mol. The summed E-state index contributed by atoms with van der Waals surface area (Å²) in [5.74, 6) is 0.918. The van der Waals surface area contributed by atoms with Crippen molar-refractivity contribution in [3.8, 4) is 0 Å². The molecule has 2 aromatic rings. The minimum Gasteiger partial charge on any atom is -0.468 e. The molecule has 1 amide bonds. The fourth-order valence-electron chi connectivity index (χ4n) is 2.72. The molecular weight excluding hydrogens is 358 g/mol. The summed E-state index contributed by atoms with van der Waals surface area (Å²) in [5, 5.41) is 3.10. The van der Waals surface area contributed by atoms with Gasteiger partial charge in [0.05, 0.1) is 36.7 Å². The van der Waals surface area contributed by atoms with E-state index in [1.165, 1.54) is 6.20 Å². The van der Waals surface area contributed by atoms with Crippen molar-refractivity contribution in [2.45, 2.75) is 6.04 Å². The molecule has 3 rings (SSSR count). The fraction of sp³-hybridized carbons (Fsp3) is 0.471. The molecule has 1 fully saturated rings. The van der Waals surface area contributed by atoms with Crippen molar-refractivity contribution in [3.05, 3.63) is 41.1 Å². The van der Waals surface area contributed by atoms with Crippen LogP contribution in [0.4, 0.5) is 5.95 Å². The van der Waals surface area contributed by atoms with Gasteiger partial charge >= 0.3 is 0 Å². The normalized spacial score (nSPS) is 15.9. The number of aromatic nitrogens is 2. The van der Waals surface area contributed by atoms with Gasteiger partial charge in [0.15, 0.2) is 5.69 Å². The zero-order valence-electron chi connectivity index (χ0n) is 14.8. The lowest BCUT2D eigenvalue weighted by atomic mass is 10.2. The Bertz CT molecular complexity index is 732. The number of carbonyl (C=O) groups excluding carboxylic acids is 1.